The first-order valence-electron chi connectivity index (χ1n) is 5.86. The Morgan fingerprint density at radius 3 is 3.00 bits per heavy atom. The molecule has 88 valence electrons. The lowest BCUT2D eigenvalue weighted by Gasteiger charge is -2.06. The van der Waals surface area contributed by atoms with Crippen molar-refractivity contribution in [2.24, 2.45) is 0 Å². The van der Waals surface area contributed by atoms with E-state index in [2.05, 4.69) is 5.32 Å². The van der Waals surface area contributed by atoms with Gasteiger partial charge in [0.25, 0.3) is 0 Å². The maximum Gasteiger partial charge on any atom is 0.240 e. The molecular weight excluding hydrogens is 214 g/mol. The molecule has 0 saturated heterocycles. The molecule has 1 aliphatic rings. The Morgan fingerprint density at radius 1 is 1.41 bits per heavy atom. The van der Waals surface area contributed by atoms with Crippen LogP contribution in [0.5, 0.6) is 0 Å². The Balaban J connectivity index is 1.82. The van der Waals surface area contributed by atoms with Crippen molar-refractivity contribution in [1.29, 1.82) is 0 Å². The van der Waals surface area contributed by atoms with Crippen molar-refractivity contribution in [2.45, 2.75) is 25.4 Å². The van der Waals surface area contributed by atoms with Crippen molar-refractivity contribution in [2.75, 3.05) is 5.73 Å². The standard InChI is InChI=1S/C13H15N3O/c14-10-1-4-12-9(7-10)5-6-16(12)8-13(17)15-11-2-3-11/h1,4-7,11H,2-3,8,14H2,(H,15,17). The van der Waals surface area contributed by atoms with Gasteiger partial charge in [-0.15, -0.1) is 0 Å². The van der Waals surface area contributed by atoms with Gasteiger partial charge >= 0.3 is 0 Å². The van der Waals surface area contributed by atoms with Gasteiger partial charge in [0, 0.05) is 28.8 Å². The largest absolute Gasteiger partial charge is 0.399 e. The number of benzene rings is 1. The average molecular weight is 229 g/mol. The summed E-state index contributed by atoms with van der Waals surface area (Å²) in [6, 6.07) is 8.13. The summed E-state index contributed by atoms with van der Waals surface area (Å²) in [5.41, 5.74) is 7.51. The fraction of sp³-hybridized carbons (Fsp3) is 0.308. The molecule has 1 aliphatic carbocycles. The third kappa shape index (κ3) is 2.11. The van der Waals surface area contributed by atoms with Gasteiger partial charge in [-0.3, -0.25) is 4.79 Å². The highest BCUT2D eigenvalue weighted by Crippen LogP contribution is 2.20. The monoisotopic (exact) mass is 229 g/mol. The number of aromatic nitrogens is 1. The molecule has 0 bridgehead atoms. The molecule has 0 spiro atoms. The SMILES string of the molecule is Nc1ccc2c(ccn2CC(=O)NC2CC2)c1. The summed E-state index contributed by atoms with van der Waals surface area (Å²) < 4.78 is 1.95. The minimum absolute atomic E-state index is 0.0850. The first-order chi connectivity index (χ1) is 8.22. The molecule has 1 fully saturated rings. The molecule has 0 radical (unpaired) electrons. The Hall–Kier alpha value is -1.97. The topological polar surface area (TPSA) is 60.0 Å². The second kappa shape index (κ2) is 3.80. The molecule has 3 rings (SSSR count). The lowest BCUT2D eigenvalue weighted by atomic mass is 10.2. The van der Waals surface area contributed by atoms with E-state index >= 15 is 0 Å². The van der Waals surface area contributed by atoms with E-state index in [1.54, 1.807) is 0 Å². The first kappa shape index (κ1) is 10.2. The second-order valence-corrected chi connectivity index (χ2v) is 4.60. The number of nitrogens with zero attached hydrogens (tertiary/aromatic N) is 1. The first-order valence-corrected chi connectivity index (χ1v) is 5.86. The van der Waals surface area contributed by atoms with E-state index in [9.17, 15) is 4.79 Å². The number of nitrogen functional groups attached to an aromatic ring is 1. The number of rotatable bonds is 3. The number of anilines is 1. The molecule has 0 unspecified atom stereocenters. The number of hydrogen-bond donors (Lipinski definition) is 2. The van der Waals surface area contributed by atoms with Crippen LogP contribution < -0.4 is 11.1 Å². The normalized spacial score (nSPS) is 15.1. The minimum atomic E-state index is 0.0850. The average Bonchev–Trinajstić information content (AvgIpc) is 3.01. The van der Waals surface area contributed by atoms with E-state index in [0.717, 1.165) is 29.4 Å². The minimum Gasteiger partial charge on any atom is -0.399 e. The van der Waals surface area contributed by atoms with Crippen LogP contribution in [0, 0.1) is 0 Å². The fourth-order valence-electron chi connectivity index (χ4n) is 2.01. The number of carbonyl (C=O) groups is 1. The van der Waals surface area contributed by atoms with Crippen LogP contribution in [-0.4, -0.2) is 16.5 Å². The zero-order chi connectivity index (χ0) is 11.8. The van der Waals surface area contributed by atoms with Crippen molar-refractivity contribution >= 4 is 22.5 Å². The highest BCUT2D eigenvalue weighted by Gasteiger charge is 2.23. The number of nitrogens with two attached hydrogens (primary N) is 1. The third-order valence-corrected chi connectivity index (χ3v) is 3.05. The number of carbonyl (C=O) groups excluding carboxylic acids is 1. The summed E-state index contributed by atoms with van der Waals surface area (Å²) >= 11 is 0. The van der Waals surface area contributed by atoms with Crippen LogP contribution in [0.3, 0.4) is 0 Å². The van der Waals surface area contributed by atoms with E-state index in [1.807, 2.05) is 35.0 Å². The van der Waals surface area contributed by atoms with Gasteiger partial charge in [-0.25, -0.2) is 0 Å². The van der Waals surface area contributed by atoms with Crippen LogP contribution in [0.4, 0.5) is 5.69 Å². The molecule has 1 aromatic heterocycles. The van der Waals surface area contributed by atoms with Crippen molar-refractivity contribution in [3.05, 3.63) is 30.5 Å². The number of fused-ring (bicyclic) bond motifs is 1. The number of nitrogens with one attached hydrogen (secondary N) is 1. The van der Waals surface area contributed by atoms with Crippen LogP contribution >= 0.6 is 0 Å². The summed E-state index contributed by atoms with van der Waals surface area (Å²) in [6.07, 6.45) is 4.17. The molecule has 1 heterocycles. The lowest BCUT2D eigenvalue weighted by Crippen LogP contribution is -2.28. The predicted molar refractivity (Wildman–Crippen MR) is 67.5 cm³/mol. The summed E-state index contributed by atoms with van der Waals surface area (Å²) in [7, 11) is 0. The van der Waals surface area contributed by atoms with Crippen LogP contribution in [-0.2, 0) is 11.3 Å². The van der Waals surface area contributed by atoms with Crippen LogP contribution in [0.1, 0.15) is 12.8 Å². The van der Waals surface area contributed by atoms with Gasteiger partial charge in [0.05, 0.1) is 0 Å². The zero-order valence-corrected chi connectivity index (χ0v) is 9.52. The predicted octanol–water partition coefficient (Wildman–Crippen LogP) is 1.50. The van der Waals surface area contributed by atoms with Crippen LogP contribution in [0.2, 0.25) is 0 Å². The number of amides is 1. The van der Waals surface area contributed by atoms with Gasteiger partial charge in [-0.2, -0.15) is 0 Å². The van der Waals surface area contributed by atoms with Gasteiger partial charge in [-0.05, 0) is 37.1 Å². The number of hydrogen-bond acceptors (Lipinski definition) is 2. The molecule has 4 heteroatoms. The molecule has 17 heavy (non-hydrogen) atoms. The summed E-state index contributed by atoms with van der Waals surface area (Å²) in [5.74, 6) is 0.0850. The summed E-state index contributed by atoms with van der Waals surface area (Å²) in [6.45, 7) is 0.379. The molecule has 1 aromatic carbocycles. The quantitative estimate of drug-likeness (QED) is 0.784. The molecule has 4 nitrogen and oxygen atoms in total. The van der Waals surface area contributed by atoms with Crippen molar-refractivity contribution in [1.82, 2.24) is 9.88 Å². The van der Waals surface area contributed by atoms with Crippen LogP contribution in [0.25, 0.3) is 10.9 Å². The highest BCUT2D eigenvalue weighted by atomic mass is 16.2. The molecule has 0 aliphatic heterocycles. The van der Waals surface area contributed by atoms with Gasteiger partial charge in [0.2, 0.25) is 5.91 Å². The van der Waals surface area contributed by atoms with Gasteiger partial charge in [0.15, 0.2) is 0 Å². The Labute approximate surface area is 99.4 Å². The van der Waals surface area contributed by atoms with Gasteiger partial charge < -0.3 is 15.6 Å². The molecule has 1 amide bonds. The molecule has 0 atom stereocenters. The van der Waals surface area contributed by atoms with Gasteiger partial charge in [0.1, 0.15) is 6.54 Å². The van der Waals surface area contributed by atoms with Crippen LogP contribution in [0.15, 0.2) is 30.5 Å². The lowest BCUT2D eigenvalue weighted by molar-refractivity contribution is -0.121. The Morgan fingerprint density at radius 2 is 2.24 bits per heavy atom. The maximum atomic E-state index is 11.7. The molecule has 1 saturated carbocycles. The van der Waals surface area contributed by atoms with E-state index in [4.69, 9.17) is 5.73 Å². The second-order valence-electron chi connectivity index (χ2n) is 4.60. The molecular formula is C13H15N3O. The van der Waals surface area contributed by atoms with Crippen molar-refractivity contribution in [3.8, 4) is 0 Å². The summed E-state index contributed by atoms with van der Waals surface area (Å²) in [4.78, 5) is 11.7. The maximum absolute atomic E-state index is 11.7. The van der Waals surface area contributed by atoms with Crippen molar-refractivity contribution < 1.29 is 4.79 Å². The molecule has 3 N–H and O–H groups in total. The van der Waals surface area contributed by atoms with E-state index < -0.39 is 0 Å². The van der Waals surface area contributed by atoms with E-state index in [0.29, 0.717) is 12.6 Å². The zero-order valence-electron chi connectivity index (χ0n) is 9.52. The highest BCUT2D eigenvalue weighted by molar-refractivity contribution is 5.85. The Bertz CT molecular complexity index is 569. The van der Waals surface area contributed by atoms with Crippen molar-refractivity contribution in [3.63, 3.8) is 0 Å². The van der Waals surface area contributed by atoms with Gasteiger partial charge in [-0.1, -0.05) is 0 Å². The summed E-state index contributed by atoms with van der Waals surface area (Å²) in [5, 5.41) is 4.06. The molecule has 2 aromatic rings. The smallest absolute Gasteiger partial charge is 0.240 e. The fourth-order valence-corrected chi connectivity index (χ4v) is 2.01. The Kier molecular flexibility index (Phi) is 2.28. The van der Waals surface area contributed by atoms with E-state index in [1.165, 1.54) is 0 Å². The third-order valence-electron chi connectivity index (χ3n) is 3.05. The van der Waals surface area contributed by atoms with E-state index in [-0.39, 0.29) is 5.91 Å².